The molecule has 0 radical (unpaired) electrons. The standard InChI is InChI=1S/C20H31NOSi/c1-8-17-9-11-18(12-10-17)20(13-15-21(5)16-14-20)22-23(6,7)19(2,3)4/h1,9-12H,13-16H2,2-7H3. The quantitative estimate of drug-likeness (QED) is 0.593. The zero-order valence-corrected chi connectivity index (χ0v) is 16.6. The second-order valence-electron chi connectivity index (χ2n) is 8.38. The molecule has 1 aromatic carbocycles. The van der Waals surface area contributed by atoms with Crippen LogP contribution in [0.1, 0.15) is 44.7 Å². The van der Waals surface area contributed by atoms with E-state index < -0.39 is 8.32 Å². The van der Waals surface area contributed by atoms with Crippen molar-refractivity contribution in [1.29, 1.82) is 0 Å². The zero-order chi connectivity index (χ0) is 17.3. The van der Waals surface area contributed by atoms with Gasteiger partial charge < -0.3 is 9.33 Å². The molecule has 0 atom stereocenters. The maximum Gasteiger partial charge on any atom is 0.193 e. The molecule has 1 heterocycles. The average molecular weight is 330 g/mol. The molecule has 0 saturated carbocycles. The van der Waals surface area contributed by atoms with E-state index in [1.54, 1.807) is 0 Å². The van der Waals surface area contributed by atoms with Gasteiger partial charge in [0.1, 0.15) is 0 Å². The third kappa shape index (κ3) is 3.88. The van der Waals surface area contributed by atoms with Crippen LogP contribution in [0.5, 0.6) is 0 Å². The van der Waals surface area contributed by atoms with Crippen LogP contribution < -0.4 is 0 Å². The average Bonchev–Trinajstić information content (AvgIpc) is 2.48. The summed E-state index contributed by atoms with van der Waals surface area (Å²) in [5.74, 6) is 2.71. The normalized spacial score (nSPS) is 19.3. The number of nitrogens with zero attached hydrogens (tertiary/aromatic N) is 1. The molecule has 1 aliphatic rings. The molecule has 3 heteroatoms. The lowest BCUT2D eigenvalue weighted by Crippen LogP contribution is -2.52. The van der Waals surface area contributed by atoms with Crippen LogP contribution in [-0.4, -0.2) is 33.4 Å². The number of piperidine rings is 1. The Labute approximate surface area is 143 Å². The maximum absolute atomic E-state index is 7.00. The van der Waals surface area contributed by atoms with Crippen molar-refractivity contribution in [2.24, 2.45) is 0 Å². The van der Waals surface area contributed by atoms with E-state index in [0.29, 0.717) is 0 Å². The second-order valence-corrected chi connectivity index (χ2v) is 13.1. The van der Waals surface area contributed by atoms with Crippen molar-refractivity contribution in [2.75, 3.05) is 20.1 Å². The molecule has 2 rings (SSSR count). The highest BCUT2D eigenvalue weighted by molar-refractivity contribution is 6.74. The molecule has 0 aliphatic carbocycles. The van der Waals surface area contributed by atoms with Gasteiger partial charge in [0.25, 0.3) is 0 Å². The van der Waals surface area contributed by atoms with Gasteiger partial charge in [-0.3, -0.25) is 0 Å². The first-order chi connectivity index (χ1) is 10.6. The summed E-state index contributed by atoms with van der Waals surface area (Å²) < 4.78 is 7.00. The Kier molecular flexibility index (Phi) is 5.11. The van der Waals surface area contributed by atoms with Crippen LogP contribution in [0.25, 0.3) is 0 Å². The first-order valence-electron chi connectivity index (χ1n) is 8.56. The van der Waals surface area contributed by atoms with E-state index in [2.05, 4.69) is 63.9 Å². The Hall–Kier alpha value is -1.08. The van der Waals surface area contributed by atoms with Gasteiger partial charge in [-0.1, -0.05) is 38.8 Å². The van der Waals surface area contributed by atoms with E-state index in [9.17, 15) is 0 Å². The molecule has 0 bridgehead atoms. The van der Waals surface area contributed by atoms with Gasteiger partial charge in [-0.15, -0.1) is 6.42 Å². The topological polar surface area (TPSA) is 12.5 Å². The number of hydrogen-bond acceptors (Lipinski definition) is 2. The third-order valence-electron chi connectivity index (χ3n) is 5.63. The summed E-state index contributed by atoms with van der Waals surface area (Å²) in [5.41, 5.74) is 2.06. The van der Waals surface area contributed by atoms with Crippen molar-refractivity contribution in [1.82, 2.24) is 4.90 Å². The van der Waals surface area contributed by atoms with Crippen LogP contribution in [0, 0.1) is 12.3 Å². The minimum absolute atomic E-state index is 0.164. The fourth-order valence-electron chi connectivity index (χ4n) is 2.94. The molecule has 1 fully saturated rings. The number of hydrogen-bond donors (Lipinski definition) is 0. The van der Waals surface area contributed by atoms with Gasteiger partial charge in [0, 0.05) is 18.7 Å². The van der Waals surface area contributed by atoms with Crippen LogP contribution in [-0.2, 0) is 10.0 Å². The highest BCUT2D eigenvalue weighted by atomic mass is 28.4. The summed E-state index contributed by atoms with van der Waals surface area (Å²) >= 11 is 0. The lowest BCUT2D eigenvalue weighted by molar-refractivity contribution is -0.00833. The van der Waals surface area contributed by atoms with Crippen molar-refractivity contribution in [3.8, 4) is 12.3 Å². The predicted octanol–water partition coefficient (Wildman–Crippen LogP) is 4.61. The predicted molar refractivity (Wildman–Crippen MR) is 101 cm³/mol. The number of terminal acetylenes is 1. The van der Waals surface area contributed by atoms with Crippen LogP contribution in [0.3, 0.4) is 0 Å². The van der Waals surface area contributed by atoms with Gasteiger partial charge in [-0.25, -0.2) is 0 Å². The van der Waals surface area contributed by atoms with Crippen molar-refractivity contribution in [3.63, 3.8) is 0 Å². The van der Waals surface area contributed by atoms with Crippen LogP contribution in [0.15, 0.2) is 24.3 Å². The Morgan fingerprint density at radius 3 is 2.09 bits per heavy atom. The summed E-state index contributed by atoms with van der Waals surface area (Å²) in [6, 6.07) is 8.44. The Morgan fingerprint density at radius 2 is 1.65 bits per heavy atom. The minimum Gasteiger partial charge on any atom is -0.407 e. The monoisotopic (exact) mass is 329 g/mol. The summed E-state index contributed by atoms with van der Waals surface area (Å²) in [5, 5.41) is 0.210. The molecule has 2 nitrogen and oxygen atoms in total. The summed E-state index contributed by atoms with van der Waals surface area (Å²) in [4.78, 5) is 2.39. The van der Waals surface area contributed by atoms with Crippen LogP contribution >= 0.6 is 0 Å². The Bertz CT molecular complexity index is 569. The summed E-state index contributed by atoms with van der Waals surface area (Å²) in [6.07, 6.45) is 7.60. The highest BCUT2D eigenvalue weighted by Gasteiger charge is 2.46. The number of rotatable bonds is 3. The van der Waals surface area contributed by atoms with Gasteiger partial charge in [-0.2, -0.15) is 0 Å². The van der Waals surface area contributed by atoms with Crippen molar-refractivity contribution in [2.45, 2.75) is 57.3 Å². The lowest BCUT2D eigenvalue weighted by Gasteiger charge is -2.49. The minimum atomic E-state index is -1.85. The fraction of sp³-hybridized carbons (Fsp3) is 0.600. The van der Waals surface area contributed by atoms with E-state index in [4.69, 9.17) is 10.8 Å². The Balaban J connectivity index is 2.38. The van der Waals surface area contributed by atoms with E-state index >= 15 is 0 Å². The van der Waals surface area contributed by atoms with Gasteiger partial charge in [0.15, 0.2) is 8.32 Å². The molecule has 1 saturated heterocycles. The molecule has 0 N–H and O–H groups in total. The first-order valence-corrected chi connectivity index (χ1v) is 11.5. The summed E-state index contributed by atoms with van der Waals surface area (Å²) in [7, 11) is 0.342. The molecule has 23 heavy (non-hydrogen) atoms. The number of benzene rings is 1. The maximum atomic E-state index is 7.00. The van der Waals surface area contributed by atoms with Crippen LogP contribution in [0.2, 0.25) is 18.1 Å². The van der Waals surface area contributed by atoms with Crippen molar-refractivity contribution >= 4 is 8.32 Å². The first kappa shape index (κ1) is 18.3. The molecular formula is C20H31NOSi. The molecule has 0 amide bonds. The van der Waals surface area contributed by atoms with Gasteiger partial charge in [0.05, 0.1) is 5.60 Å². The van der Waals surface area contributed by atoms with Crippen molar-refractivity contribution < 1.29 is 4.43 Å². The number of likely N-dealkylation sites (tertiary alicyclic amines) is 1. The lowest BCUT2D eigenvalue weighted by atomic mass is 9.84. The van der Waals surface area contributed by atoms with E-state index in [0.717, 1.165) is 31.5 Å². The second kappa shape index (κ2) is 6.43. The smallest absolute Gasteiger partial charge is 0.193 e. The largest absolute Gasteiger partial charge is 0.407 e. The zero-order valence-electron chi connectivity index (χ0n) is 15.6. The molecule has 1 aliphatic heterocycles. The van der Waals surface area contributed by atoms with E-state index in [1.165, 1.54) is 5.56 Å². The molecule has 126 valence electrons. The molecular weight excluding hydrogens is 298 g/mol. The van der Waals surface area contributed by atoms with Crippen LogP contribution in [0.4, 0.5) is 0 Å². The molecule has 0 unspecified atom stereocenters. The fourth-order valence-corrected chi connectivity index (χ4v) is 4.55. The Morgan fingerprint density at radius 1 is 1.13 bits per heavy atom. The van der Waals surface area contributed by atoms with Gasteiger partial charge in [-0.05, 0) is 55.7 Å². The highest BCUT2D eigenvalue weighted by Crippen LogP contribution is 2.45. The van der Waals surface area contributed by atoms with Crippen molar-refractivity contribution in [3.05, 3.63) is 35.4 Å². The third-order valence-corrected chi connectivity index (χ3v) is 10.1. The van der Waals surface area contributed by atoms with Gasteiger partial charge >= 0.3 is 0 Å². The molecule has 1 aromatic rings. The van der Waals surface area contributed by atoms with Gasteiger partial charge in [0.2, 0.25) is 0 Å². The molecule has 0 spiro atoms. The molecule has 0 aromatic heterocycles. The summed E-state index contributed by atoms with van der Waals surface area (Å²) in [6.45, 7) is 13.8. The van der Waals surface area contributed by atoms with E-state index in [1.807, 2.05) is 12.1 Å². The van der Waals surface area contributed by atoms with E-state index in [-0.39, 0.29) is 10.6 Å². The SMILES string of the molecule is C#Cc1ccc(C2(O[Si](C)(C)C(C)(C)C)CCN(C)CC2)cc1.